The van der Waals surface area contributed by atoms with Crippen LogP contribution in [0.1, 0.15) is 19.0 Å². The van der Waals surface area contributed by atoms with Crippen molar-refractivity contribution in [1.29, 1.82) is 0 Å². The SMILES string of the molecule is CCOC1C=CC=CC1CCn1cnc(-c2cc(-c3n[nH]nc3C(F)(F)F)ccn2)c1. The number of ether oxygens (including phenoxy) is 1. The normalized spacial score (nSPS) is 18.6. The Morgan fingerprint density at radius 2 is 1.97 bits per heavy atom. The van der Waals surface area contributed by atoms with Gasteiger partial charge in [-0.05, 0) is 25.5 Å². The van der Waals surface area contributed by atoms with Crippen molar-refractivity contribution in [1.82, 2.24) is 29.9 Å². The van der Waals surface area contributed by atoms with Gasteiger partial charge in [0.25, 0.3) is 0 Å². The predicted molar refractivity (Wildman–Crippen MR) is 108 cm³/mol. The van der Waals surface area contributed by atoms with Crippen molar-refractivity contribution < 1.29 is 17.9 Å². The summed E-state index contributed by atoms with van der Waals surface area (Å²) in [5.41, 5.74) is -0.0398. The first-order valence-corrected chi connectivity index (χ1v) is 9.89. The summed E-state index contributed by atoms with van der Waals surface area (Å²) in [4.78, 5) is 8.63. The standard InChI is InChI=1S/C21H21F3N6O/c1-2-31-18-6-4-3-5-14(18)8-10-30-12-17(26-13-30)16-11-15(7-9-25-16)19-20(21(22,23)24)28-29-27-19/h3-7,9,11-14,18H,2,8,10H2,1H3,(H,27,28,29). The summed E-state index contributed by atoms with van der Waals surface area (Å²) in [5.74, 6) is 0.269. The molecule has 1 N–H and O–H groups in total. The largest absolute Gasteiger partial charge is 0.437 e. The maximum Gasteiger partial charge on any atom is 0.437 e. The molecule has 10 heteroatoms. The number of rotatable bonds is 7. The van der Waals surface area contributed by atoms with Gasteiger partial charge in [-0.3, -0.25) is 4.98 Å². The number of pyridine rings is 1. The molecule has 0 saturated heterocycles. The van der Waals surface area contributed by atoms with Crippen LogP contribution in [0, 0.1) is 5.92 Å². The summed E-state index contributed by atoms with van der Waals surface area (Å²) in [6, 6.07) is 2.99. The lowest BCUT2D eigenvalue weighted by Gasteiger charge is -2.24. The Morgan fingerprint density at radius 1 is 1.13 bits per heavy atom. The Balaban J connectivity index is 1.49. The summed E-state index contributed by atoms with van der Waals surface area (Å²) in [7, 11) is 0. The number of nitrogens with zero attached hydrogens (tertiary/aromatic N) is 5. The molecule has 0 aliphatic heterocycles. The lowest BCUT2D eigenvalue weighted by atomic mass is 9.94. The molecule has 0 bridgehead atoms. The van der Waals surface area contributed by atoms with Crippen LogP contribution in [0.3, 0.4) is 0 Å². The van der Waals surface area contributed by atoms with Gasteiger partial charge in [0.2, 0.25) is 0 Å². The highest BCUT2D eigenvalue weighted by Crippen LogP contribution is 2.34. The Bertz CT molecular complexity index is 1080. The number of imidazole rings is 1. The van der Waals surface area contributed by atoms with E-state index in [1.165, 1.54) is 18.3 Å². The second kappa shape index (κ2) is 8.84. The third kappa shape index (κ3) is 4.74. The Morgan fingerprint density at radius 3 is 2.77 bits per heavy atom. The van der Waals surface area contributed by atoms with Crippen molar-refractivity contribution >= 4 is 0 Å². The Labute approximate surface area is 176 Å². The van der Waals surface area contributed by atoms with Crippen molar-refractivity contribution in [3.8, 4) is 22.6 Å². The first kappa shape index (κ1) is 21.0. The molecule has 3 aromatic rings. The van der Waals surface area contributed by atoms with Gasteiger partial charge >= 0.3 is 6.18 Å². The summed E-state index contributed by atoms with van der Waals surface area (Å²) < 4.78 is 47.1. The molecule has 162 valence electrons. The second-order valence-electron chi connectivity index (χ2n) is 7.09. The van der Waals surface area contributed by atoms with Crippen molar-refractivity contribution in [3.05, 3.63) is 60.9 Å². The van der Waals surface area contributed by atoms with Crippen LogP contribution < -0.4 is 0 Å². The molecule has 2 atom stereocenters. The maximum atomic E-state index is 13.1. The van der Waals surface area contributed by atoms with Crippen LogP contribution in [-0.4, -0.2) is 42.7 Å². The molecule has 1 aliphatic rings. The Hall–Kier alpha value is -3.27. The number of hydrogen-bond donors (Lipinski definition) is 1. The highest BCUT2D eigenvalue weighted by molar-refractivity contribution is 5.67. The van der Waals surface area contributed by atoms with Gasteiger partial charge in [-0.15, -0.1) is 0 Å². The number of hydrogen-bond acceptors (Lipinski definition) is 5. The molecule has 31 heavy (non-hydrogen) atoms. The molecule has 3 heterocycles. The molecule has 0 saturated carbocycles. The minimum atomic E-state index is -4.60. The highest BCUT2D eigenvalue weighted by atomic mass is 19.4. The maximum absolute atomic E-state index is 13.1. The lowest BCUT2D eigenvalue weighted by molar-refractivity contribution is -0.140. The van der Waals surface area contributed by atoms with E-state index < -0.39 is 11.9 Å². The quantitative estimate of drug-likeness (QED) is 0.605. The van der Waals surface area contributed by atoms with Gasteiger partial charge in [-0.25, -0.2) is 4.98 Å². The molecule has 0 fully saturated rings. The van der Waals surface area contributed by atoms with Crippen LogP contribution in [0.15, 0.2) is 55.2 Å². The number of aromatic nitrogens is 6. The third-order valence-electron chi connectivity index (χ3n) is 5.02. The summed E-state index contributed by atoms with van der Waals surface area (Å²) >= 11 is 0. The molecule has 0 radical (unpaired) electrons. The van der Waals surface area contributed by atoms with E-state index in [-0.39, 0.29) is 23.3 Å². The topological polar surface area (TPSA) is 81.5 Å². The van der Waals surface area contributed by atoms with Crippen LogP contribution in [-0.2, 0) is 17.5 Å². The number of aryl methyl sites for hydroxylation is 1. The summed E-state index contributed by atoms with van der Waals surface area (Å²) in [6.45, 7) is 3.35. The molecule has 0 aromatic carbocycles. The fourth-order valence-electron chi connectivity index (χ4n) is 3.53. The van der Waals surface area contributed by atoms with E-state index in [2.05, 4.69) is 32.3 Å². The fraction of sp³-hybridized carbons (Fsp3) is 0.333. The minimum Gasteiger partial charge on any atom is -0.374 e. The highest BCUT2D eigenvalue weighted by Gasteiger charge is 2.38. The van der Waals surface area contributed by atoms with Crippen LogP contribution in [0.2, 0.25) is 0 Å². The number of H-pyrrole nitrogens is 1. The molecular weight excluding hydrogens is 409 g/mol. The molecule has 0 spiro atoms. The van der Waals surface area contributed by atoms with E-state index in [0.717, 1.165) is 13.0 Å². The number of nitrogens with one attached hydrogen (secondary N) is 1. The van der Waals surface area contributed by atoms with E-state index in [1.54, 1.807) is 6.33 Å². The first-order valence-electron chi connectivity index (χ1n) is 9.89. The molecule has 2 unspecified atom stereocenters. The van der Waals surface area contributed by atoms with E-state index in [1.807, 2.05) is 35.1 Å². The van der Waals surface area contributed by atoms with Gasteiger partial charge in [-0.1, -0.05) is 24.3 Å². The smallest absolute Gasteiger partial charge is 0.374 e. The zero-order valence-electron chi connectivity index (χ0n) is 16.8. The molecule has 3 aromatic heterocycles. The van der Waals surface area contributed by atoms with E-state index in [4.69, 9.17) is 4.74 Å². The molecule has 4 rings (SSSR count). The molecule has 7 nitrogen and oxygen atoms in total. The number of alkyl halides is 3. The molecule has 1 aliphatic carbocycles. The second-order valence-corrected chi connectivity index (χ2v) is 7.09. The summed E-state index contributed by atoms with van der Waals surface area (Å²) in [6.07, 6.45) is 9.49. The van der Waals surface area contributed by atoms with Crippen molar-refractivity contribution in [2.24, 2.45) is 5.92 Å². The Kier molecular flexibility index (Phi) is 5.99. The van der Waals surface area contributed by atoms with Gasteiger partial charge in [-0.2, -0.15) is 28.6 Å². The van der Waals surface area contributed by atoms with E-state index >= 15 is 0 Å². The number of allylic oxidation sites excluding steroid dienone is 2. The molecular formula is C21H21F3N6O. The lowest BCUT2D eigenvalue weighted by Crippen LogP contribution is -2.23. The van der Waals surface area contributed by atoms with Crippen LogP contribution in [0.4, 0.5) is 13.2 Å². The van der Waals surface area contributed by atoms with Crippen molar-refractivity contribution in [2.75, 3.05) is 6.61 Å². The summed E-state index contributed by atoms with van der Waals surface area (Å²) in [5, 5.41) is 8.95. The predicted octanol–water partition coefficient (Wildman–Crippen LogP) is 4.29. The molecule has 0 amide bonds. The first-order chi connectivity index (χ1) is 15.0. The van der Waals surface area contributed by atoms with Crippen LogP contribution >= 0.6 is 0 Å². The zero-order valence-corrected chi connectivity index (χ0v) is 16.8. The van der Waals surface area contributed by atoms with E-state index in [9.17, 15) is 13.2 Å². The average molecular weight is 430 g/mol. The fourth-order valence-corrected chi connectivity index (χ4v) is 3.53. The van der Waals surface area contributed by atoms with Crippen molar-refractivity contribution in [3.63, 3.8) is 0 Å². The third-order valence-corrected chi connectivity index (χ3v) is 5.02. The number of aromatic amines is 1. The average Bonchev–Trinajstić information content (AvgIpc) is 3.43. The monoisotopic (exact) mass is 430 g/mol. The minimum absolute atomic E-state index is 0.0571. The van der Waals surface area contributed by atoms with Crippen molar-refractivity contribution in [2.45, 2.75) is 32.2 Å². The van der Waals surface area contributed by atoms with Gasteiger partial charge in [0.05, 0.1) is 18.1 Å². The number of halogens is 3. The van der Waals surface area contributed by atoms with E-state index in [0.29, 0.717) is 18.0 Å². The van der Waals surface area contributed by atoms with Gasteiger partial charge in [0.1, 0.15) is 11.4 Å². The van der Waals surface area contributed by atoms with Crippen LogP contribution in [0.25, 0.3) is 22.6 Å². The zero-order chi connectivity index (χ0) is 21.8. The van der Waals surface area contributed by atoms with Gasteiger partial charge in [0.15, 0.2) is 5.69 Å². The van der Waals surface area contributed by atoms with Gasteiger partial charge < -0.3 is 9.30 Å². The van der Waals surface area contributed by atoms with Gasteiger partial charge in [0, 0.05) is 37.0 Å². The van der Waals surface area contributed by atoms with Crippen LogP contribution in [0.5, 0.6) is 0 Å².